The summed E-state index contributed by atoms with van der Waals surface area (Å²) in [5.41, 5.74) is 2.43. The number of aliphatic hydroxyl groups is 1. The van der Waals surface area contributed by atoms with Crippen LogP contribution < -0.4 is 4.74 Å². The van der Waals surface area contributed by atoms with Crippen LogP contribution in [0, 0.1) is 6.92 Å². The number of hydrogen-bond acceptors (Lipinski definition) is 6. The molecule has 2 aliphatic rings. The molecule has 0 saturated carbocycles. The van der Waals surface area contributed by atoms with Gasteiger partial charge in [0.25, 0.3) is 11.7 Å². The number of nitrogens with zero attached hydrogens (tertiary/aromatic N) is 2. The maximum absolute atomic E-state index is 13.2. The number of ether oxygens (including phenoxy) is 2. The number of rotatable bonds is 9. The third-order valence-electron chi connectivity index (χ3n) is 6.49. The number of hydrogen-bond donors (Lipinski definition) is 1. The summed E-state index contributed by atoms with van der Waals surface area (Å²) in [6, 6.07) is 14.1. The number of benzene rings is 2. The summed E-state index contributed by atoms with van der Waals surface area (Å²) in [6.07, 6.45) is 1.60. The van der Waals surface area contributed by atoms with Crippen molar-refractivity contribution in [3.05, 3.63) is 70.8 Å². The van der Waals surface area contributed by atoms with E-state index in [0.717, 1.165) is 43.6 Å². The molecule has 1 atom stereocenters. The van der Waals surface area contributed by atoms with E-state index in [9.17, 15) is 14.7 Å². The lowest BCUT2D eigenvalue weighted by Crippen LogP contribution is -2.38. The highest BCUT2D eigenvalue weighted by molar-refractivity contribution is 6.46. The number of carbonyl (C=O) groups is 2. The zero-order valence-electron chi connectivity index (χ0n) is 20.5. The molecule has 0 spiro atoms. The molecule has 1 amide bonds. The summed E-state index contributed by atoms with van der Waals surface area (Å²) in [6.45, 7) is 8.96. The fourth-order valence-electron chi connectivity index (χ4n) is 4.61. The molecule has 0 aliphatic carbocycles. The van der Waals surface area contributed by atoms with Crippen LogP contribution in [0.3, 0.4) is 0 Å². The molecule has 0 unspecified atom stereocenters. The summed E-state index contributed by atoms with van der Waals surface area (Å²) < 4.78 is 11.2. The maximum atomic E-state index is 13.2. The first-order chi connectivity index (χ1) is 17.0. The molecule has 35 heavy (non-hydrogen) atoms. The van der Waals surface area contributed by atoms with Crippen molar-refractivity contribution in [3.8, 4) is 5.75 Å². The molecule has 0 bridgehead atoms. The molecular formula is C28H34N2O5. The Labute approximate surface area is 206 Å². The Morgan fingerprint density at radius 1 is 1.09 bits per heavy atom. The molecule has 2 saturated heterocycles. The van der Waals surface area contributed by atoms with Crippen LogP contribution in [0.15, 0.2) is 54.1 Å². The number of likely N-dealkylation sites (tertiary alicyclic amines) is 1. The van der Waals surface area contributed by atoms with Gasteiger partial charge in [-0.05, 0) is 37.5 Å². The van der Waals surface area contributed by atoms with E-state index < -0.39 is 17.7 Å². The summed E-state index contributed by atoms with van der Waals surface area (Å²) in [4.78, 5) is 30.3. The van der Waals surface area contributed by atoms with Crippen LogP contribution in [-0.4, -0.2) is 72.6 Å². The van der Waals surface area contributed by atoms with Gasteiger partial charge in [-0.3, -0.25) is 14.5 Å². The zero-order valence-corrected chi connectivity index (χ0v) is 20.5. The Morgan fingerprint density at radius 2 is 1.83 bits per heavy atom. The average molecular weight is 479 g/mol. The zero-order chi connectivity index (χ0) is 24.8. The van der Waals surface area contributed by atoms with Crippen molar-refractivity contribution in [1.82, 2.24) is 9.80 Å². The molecular weight excluding hydrogens is 444 g/mol. The van der Waals surface area contributed by atoms with Crippen LogP contribution in [0.1, 0.15) is 42.5 Å². The Balaban J connectivity index is 1.67. The maximum Gasteiger partial charge on any atom is 0.295 e. The lowest BCUT2D eigenvalue weighted by atomic mass is 9.95. The Hall–Kier alpha value is -3.16. The Morgan fingerprint density at radius 3 is 2.54 bits per heavy atom. The van der Waals surface area contributed by atoms with Crippen molar-refractivity contribution in [1.29, 1.82) is 0 Å². The second-order valence-electron chi connectivity index (χ2n) is 9.09. The van der Waals surface area contributed by atoms with Crippen molar-refractivity contribution in [2.75, 3.05) is 46.0 Å². The fourth-order valence-corrected chi connectivity index (χ4v) is 4.61. The molecule has 7 nitrogen and oxygen atoms in total. The fraction of sp³-hybridized carbons (Fsp3) is 0.429. The van der Waals surface area contributed by atoms with Crippen LogP contribution in [0.5, 0.6) is 5.75 Å². The number of aliphatic hydroxyl groups excluding tert-OH is 1. The molecule has 0 radical (unpaired) electrons. The smallest absolute Gasteiger partial charge is 0.295 e. The first kappa shape index (κ1) is 24.9. The van der Waals surface area contributed by atoms with Crippen LogP contribution in [-0.2, 0) is 14.3 Å². The monoisotopic (exact) mass is 478 g/mol. The standard InChI is InChI=1S/C28H34N2O5/c1-3-16-35-23-7-4-6-22(19-23)25-24(26(31)21-10-8-20(2)9-11-21)27(32)28(33)30(25)13-5-12-29-14-17-34-18-15-29/h4,6-11,19,25,31H,3,5,12-18H2,1-2H3/t25-/m0/s1. The highest BCUT2D eigenvalue weighted by Gasteiger charge is 2.46. The average Bonchev–Trinajstić information content (AvgIpc) is 3.13. The topological polar surface area (TPSA) is 79.3 Å². The van der Waals surface area contributed by atoms with E-state index in [1.165, 1.54) is 0 Å². The second kappa shape index (κ2) is 11.5. The van der Waals surface area contributed by atoms with Crippen LogP contribution in [0.2, 0.25) is 0 Å². The van der Waals surface area contributed by atoms with Gasteiger partial charge in [0.2, 0.25) is 0 Å². The number of ketones is 1. The molecule has 2 aromatic carbocycles. The SMILES string of the molecule is CCCOc1cccc([C@H]2C(=C(O)c3ccc(C)cc3)C(=O)C(=O)N2CCCN2CCOCC2)c1. The van der Waals surface area contributed by atoms with Gasteiger partial charge in [-0.1, -0.05) is 48.9 Å². The minimum absolute atomic E-state index is 0.123. The van der Waals surface area contributed by atoms with Crippen LogP contribution >= 0.6 is 0 Å². The highest BCUT2D eigenvalue weighted by Crippen LogP contribution is 2.40. The van der Waals surface area contributed by atoms with Crippen LogP contribution in [0.4, 0.5) is 0 Å². The Bertz CT molecular complexity index is 1070. The molecule has 4 rings (SSSR count). The van der Waals surface area contributed by atoms with Crippen molar-refractivity contribution in [3.63, 3.8) is 0 Å². The van der Waals surface area contributed by atoms with E-state index in [1.807, 2.05) is 50.2 Å². The summed E-state index contributed by atoms with van der Waals surface area (Å²) in [7, 11) is 0. The van der Waals surface area contributed by atoms with Crippen molar-refractivity contribution in [2.24, 2.45) is 0 Å². The van der Waals surface area contributed by atoms with E-state index in [4.69, 9.17) is 9.47 Å². The number of amides is 1. The van der Waals surface area contributed by atoms with Gasteiger partial charge in [0.1, 0.15) is 11.5 Å². The third kappa shape index (κ3) is 5.74. The van der Waals surface area contributed by atoms with Gasteiger partial charge in [0.15, 0.2) is 0 Å². The summed E-state index contributed by atoms with van der Waals surface area (Å²) in [5.74, 6) is -0.702. The van der Waals surface area contributed by atoms with Gasteiger partial charge in [-0.25, -0.2) is 0 Å². The minimum Gasteiger partial charge on any atom is -0.507 e. The predicted octanol–water partition coefficient (Wildman–Crippen LogP) is 3.93. The lowest BCUT2D eigenvalue weighted by Gasteiger charge is -2.29. The molecule has 2 heterocycles. The molecule has 186 valence electrons. The second-order valence-corrected chi connectivity index (χ2v) is 9.09. The number of aryl methyl sites for hydroxylation is 1. The Kier molecular flexibility index (Phi) is 8.21. The van der Waals surface area contributed by atoms with Crippen molar-refractivity contribution in [2.45, 2.75) is 32.7 Å². The van der Waals surface area contributed by atoms with E-state index in [-0.39, 0.29) is 11.3 Å². The molecule has 7 heteroatoms. The molecule has 1 N–H and O–H groups in total. The van der Waals surface area contributed by atoms with Crippen molar-refractivity contribution >= 4 is 17.4 Å². The number of carbonyl (C=O) groups excluding carboxylic acids is 2. The number of Topliss-reactive ketones (excluding diaryl/α,β-unsaturated/α-hetero) is 1. The van der Waals surface area contributed by atoms with E-state index in [2.05, 4.69) is 4.90 Å². The van der Waals surface area contributed by atoms with Gasteiger partial charge in [0.05, 0.1) is 31.4 Å². The van der Waals surface area contributed by atoms with Crippen molar-refractivity contribution < 1.29 is 24.2 Å². The van der Waals surface area contributed by atoms with E-state index >= 15 is 0 Å². The van der Waals surface area contributed by atoms with Gasteiger partial charge in [-0.15, -0.1) is 0 Å². The van der Waals surface area contributed by atoms with Gasteiger partial charge >= 0.3 is 0 Å². The van der Waals surface area contributed by atoms with E-state index in [0.29, 0.717) is 37.7 Å². The lowest BCUT2D eigenvalue weighted by molar-refractivity contribution is -0.140. The molecule has 0 aromatic heterocycles. The van der Waals surface area contributed by atoms with Gasteiger partial charge in [0, 0.05) is 31.7 Å². The normalized spacial score (nSPS) is 20.4. The van der Waals surface area contributed by atoms with Crippen LogP contribution in [0.25, 0.3) is 5.76 Å². The molecule has 2 fully saturated rings. The summed E-state index contributed by atoms with van der Waals surface area (Å²) >= 11 is 0. The van der Waals surface area contributed by atoms with E-state index in [1.54, 1.807) is 17.0 Å². The highest BCUT2D eigenvalue weighted by atomic mass is 16.5. The first-order valence-corrected chi connectivity index (χ1v) is 12.4. The largest absolute Gasteiger partial charge is 0.507 e. The number of morpholine rings is 1. The third-order valence-corrected chi connectivity index (χ3v) is 6.49. The summed E-state index contributed by atoms with van der Waals surface area (Å²) in [5, 5.41) is 11.2. The first-order valence-electron chi connectivity index (χ1n) is 12.4. The predicted molar refractivity (Wildman–Crippen MR) is 134 cm³/mol. The van der Waals surface area contributed by atoms with Gasteiger partial charge < -0.3 is 19.5 Å². The quantitative estimate of drug-likeness (QED) is 0.334. The minimum atomic E-state index is -0.675. The molecule has 2 aliphatic heterocycles. The molecule has 2 aromatic rings. The van der Waals surface area contributed by atoms with Gasteiger partial charge in [-0.2, -0.15) is 0 Å².